The molecule has 28 heavy (non-hydrogen) atoms. The van der Waals surface area contributed by atoms with Gasteiger partial charge in [0.05, 0.1) is 28.1 Å². The van der Waals surface area contributed by atoms with Gasteiger partial charge >= 0.3 is 6.18 Å². The first-order chi connectivity index (χ1) is 13.2. The molecule has 1 heterocycles. The summed E-state index contributed by atoms with van der Waals surface area (Å²) in [6.07, 6.45) is -0.0171. The van der Waals surface area contributed by atoms with Gasteiger partial charge in [0.15, 0.2) is 0 Å². The molecule has 1 aliphatic heterocycles. The van der Waals surface area contributed by atoms with Crippen molar-refractivity contribution >= 4 is 35.0 Å². The molecule has 1 aromatic rings. The number of benzene rings is 1. The van der Waals surface area contributed by atoms with E-state index in [0.717, 1.165) is 29.5 Å². The minimum atomic E-state index is -4.57. The molecule has 0 aromatic heterocycles. The number of nitrogens with zero attached hydrogens (tertiary/aromatic N) is 1. The second-order valence-electron chi connectivity index (χ2n) is 7.32. The van der Waals surface area contributed by atoms with Gasteiger partial charge in [0, 0.05) is 13.0 Å². The van der Waals surface area contributed by atoms with Crippen LogP contribution in [0.3, 0.4) is 0 Å². The van der Waals surface area contributed by atoms with Crippen LogP contribution in [0.2, 0.25) is 5.02 Å². The van der Waals surface area contributed by atoms with Gasteiger partial charge in [-0.2, -0.15) is 13.2 Å². The Morgan fingerprint density at radius 1 is 1.14 bits per heavy atom. The van der Waals surface area contributed by atoms with Crippen LogP contribution in [0.25, 0.3) is 0 Å². The second-order valence-corrected chi connectivity index (χ2v) is 7.73. The lowest BCUT2D eigenvalue weighted by Crippen LogP contribution is -2.35. The van der Waals surface area contributed by atoms with Crippen LogP contribution in [0.5, 0.6) is 0 Å². The Morgan fingerprint density at radius 2 is 1.75 bits per heavy atom. The lowest BCUT2D eigenvalue weighted by atomic mass is 9.85. The Labute approximate surface area is 163 Å². The number of amides is 3. The first kappa shape index (κ1) is 19.0. The summed E-state index contributed by atoms with van der Waals surface area (Å²) in [5.74, 6) is -1.69. The molecule has 0 radical (unpaired) electrons. The molecule has 1 saturated heterocycles. The average molecular weight is 413 g/mol. The Balaban J connectivity index is 1.39. The SMILES string of the molecule is O=C(CCN1C(=O)[C@@H]2[C@@H](C1=O)[C@H]1C=C[C@@H]2C1)Nc1cc(C(F)(F)F)ccc1Cl. The maximum Gasteiger partial charge on any atom is 0.416 e. The highest BCUT2D eigenvalue weighted by Crippen LogP contribution is 2.52. The third-order valence-corrected chi connectivity index (χ3v) is 6.02. The fourth-order valence-electron chi connectivity index (χ4n) is 4.41. The number of nitrogens with one attached hydrogen (secondary N) is 1. The quantitative estimate of drug-likeness (QED) is 0.608. The molecule has 9 heteroatoms. The fourth-order valence-corrected chi connectivity index (χ4v) is 4.57. The summed E-state index contributed by atoms with van der Waals surface area (Å²) >= 11 is 5.86. The number of hydrogen-bond acceptors (Lipinski definition) is 3. The number of halogens is 4. The highest BCUT2D eigenvalue weighted by atomic mass is 35.5. The van der Waals surface area contributed by atoms with E-state index >= 15 is 0 Å². The summed E-state index contributed by atoms with van der Waals surface area (Å²) in [7, 11) is 0. The van der Waals surface area contributed by atoms with E-state index < -0.39 is 17.6 Å². The predicted octanol–water partition coefficient (Wildman–Crippen LogP) is 3.49. The van der Waals surface area contributed by atoms with Crippen LogP contribution in [0, 0.1) is 23.7 Å². The Morgan fingerprint density at radius 3 is 2.32 bits per heavy atom. The zero-order chi connectivity index (χ0) is 20.2. The summed E-state index contributed by atoms with van der Waals surface area (Å²) in [6.45, 7) is -0.105. The molecule has 1 N–H and O–H groups in total. The number of likely N-dealkylation sites (tertiary alicyclic amines) is 1. The smallest absolute Gasteiger partial charge is 0.325 e. The molecule has 0 spiro atoms. The van der Waals surface area contributed by atoms with Crippen molar-refractivity contribution in [1.82, 2.24) is 4.90 Å². The molecule has 4 rings (SSSR count). The molecule has 2 fully saturated rings. The van der Waals surface area contributed by atoms with E-state index in [1.165, 1.54) is 0 Å². The first-order valence-electron chi connectivity index (χ1n) is 8.87. The van der Waals surface area contributed by atoms with Crippen LogP contribution in [0.1, 0.15) is 18.4 Å². The van der Waals surface area contributed by atoms with E-state index in [0.29, 0.717) is 0 Å². The number of imide groups is 1. The second kappa shape index (κ2) is 6.62. The predicted molar refractivity (Wildman–Crippen MR) is 94.1 cm³/mol. The molecule has 3 aliphatic rings. The number of anilines is 1. The number of rotatable bonds is 4. The van der Waals surface area contributed by atoms with Crippen molar-refractivity contribution in [2.24, 2.45) is 23.7 Å². The van der Waals surface area contributed by atoms with Crippen molar-refractivity contribution in [3.05, 3.63) is 40.9 Å². The van der Waals surface area contributed by atoms with E-state index in [1.54, 1.807) is 0 Å². The highest BCUT2D eigenvalue weighted by molar-refractivity contribution is 6.33. The largest absolute Gasteiger partial charge is 0.416 e. The van der Waals surface area contributed by atoms with Gasteiger partial charge in [-0.05, 0) is 36.5 Å². The number of hydrogen-bond donors (Lipinski definition) is 1. The van der Waals surface area contributed by atoms with Gasteiger partial charge in [0.25, 0.3) is 0 Å². The van der Waals surface area contributed by atoms with Crippen molar-refractivity contribution in [2.75, 3.05) is 11.9 Å². The van der Waals surface area contributed by atoms with Crippen molar-refractivity contribution in [2.45, 2.75) is 19.0 Å². The number of carbonyl (C=O) groups is 3. The Hall–Kier alpha value is -2.35. The van der Waals surface area contributed by atoms with Crippen molar-refractivity contribution in [3.8, 4) is 0 Å². The molecule has 5 nitrogen and oxygen atoms in total. The molecule has 148 valence electrons. The zero-order valence-electron chi connectivity index (χ0n) is 14.5. The highest BCUT2D eigenvalue weighted by Gasteiger charge is 2.59. The van der Waals surface area contributed by atoms with Crippen LogP contribution in [-0.4, -0.2) is 29.2 Å². The maximum atomic E-state index is 12.8. The van der Waals surface area contributed by atoms with Gasteiger partial charge in [-0.15, -0.1) is 0 Å². The summed E-state index contributed by atoms with van der Waals surface area (Å²) in [5, 5.41) is 2.29. The summed E-state index contributed by atoms with van der Waals surface area (Å²) in [6, 6.07) is 2.62. The number of carbonyl (C=O) groups excluding carboxylic acids is 3. The van der Waals surface area contributed by atoms with Gasteiger partial charge in [-0.1, -0.05) is 23.8 Å². The number of fused-ring (bicyclic) bond motifs is 5. The molecule has 3 amide bonds. The van der Waals surface area contributed by atoms with Crippen molar-refractivity contribution in [3.63, 3.8) is 0 Å². The molecule has 1 saturated carbocycles. The van der Waals surface area contributed by atoms with E-state index in [9.17, 15) is 27.6 Å². The van der Waals surface area contributed by atoms with Crippen LogP contribution >= 0.6 is 11.6 Å². The lowest BCUT2D eigenvalue weighted by Gasteiger charge is -2.17. The molecular formula is C19H16ClF3N2O3. The molecule has 1 aromatic carbocycles. The normalized spacial score (nSPS) is 28.2. The van der Waals surface area contributed by atoms with E-state index in [1.807, 2.05) is 12.2 Å². The van der Waals surface area contributed by atoms with Crippen molar-refractivity contribution < 1.29 is 27.6 Å². The topological polar surface area (TPSA) is 66.5 Å². The summed E-state index contributed by atoms with van der Waals surface area (Å²) in [5.41, 5.74) is -1.10. The van der Waals surface area contributed by atoms with Crippen molar-refractivity contribution in [1.29, 1.82) is 0 Å². The first-order valence-corrected chi connectivity index (χ1v) is 9.25. The van der Waals surface area contributed by atoms with Crippen LogP contribution < -0.4 is 5.32 Å². The van der Waals surface area contributed by atoms with Gasteiger partial charge in [-0.25, -0.2) is 0 Å². The van der Waals surface area contributed by atoms with E-state index in [-0.39, 0.29) is 59.2 Å². The maximum absolute atomic E-state index is 12.8. The molecule has 0 unspecified atom stereocenters. The minimum Gasteiger partial charge on any atom is -0.325 e. The fraction of sp³-hybridized carbons (Fsp3) is 0.421. The van der Waals surface area contributed by atoms with Crippen LogP contribution in [0.15, 0.2) is 30.4 Å². The summed E-state index contributed by atoms with van der Waals surface area (Å²) in [4.78, 5) is 38.4. The number of alkyl halides is 3. The standard InChI is InChI=1S/C19H16ClF3N2O3/c20-12-4-3-11(19(21,22)23)8-13(12)24-14(26)5-6-25-17(27)15-9-1-2-10(7-9)16(15)18(25)28/h1-4,8-10,15-16H,5-7H2,(H,24,26)/t9-,10+,15-,16-/m0/s1. The zero-order valence-corrected chi connectivity index (χ0v) is 15.3. The molecular weight excluding hydrogens is 397 g/mol. The van der Waals surface area contributed by atoms with E-state index in [4.69, 9.17) is 11.6 Å². The van der Waals surface area contributed by atoms with Crippen LogP contribution in [0.4, 0.5) is 18.9 Å². The van der Waals surface area contributed by atoms with Gasteiger partial charge < -0.3 is 5.32 Å². The van der Waals surface area contributed by atoms with Gasteiger partial charge in [0.2, 0.25) is 17.7 Å². The Bertz CT molecular complexity index is 869. The Kier molecular flexibility index (Phi) is 4.49. The van der Waals surface area contributed by atoms with Gasteiger partial charge in [0.1, 0.15) is 0 Å². The van der Waals surface area contributed by atoms with Gasteiger partial charge in [-0.3, -0.25) is 19.3 Å². The van der Waals surface area contributed by atoms with Crippen LogP contribution in [-0.2, 0) is 20.6 Å². The molecule has 4 atom stereocenters. The average Bonchev–Trinajstić information content (AvgIpc) is 3.29. The number of allylic oxidation sites excluding steroid dienone is 2. The third kappa shape index (κ3) is 3.09. The monoisotopic (exact) mass is 412 g/mol. The third-order valence-electron chi connectivity index (χ3n) is 5.69. The molecule has 2 bridgehead atoms. The lowest BCUT2D eigenvalue weighted by molar-refractivity contribution is -0.141. The summed E-state index contributed by atoms with van der Waals surface area (Å²) < 4.78 is 38.4. The van der Waals surface area contributed by atoms with E-state index in [2.05, 4.69) is 5.32 Å². The molecule has 2 aliphatic carbocycles. The minimum absolute atomic E-state index is 0.0353.